The summed E-state index contributed by atoms with van der Waals surface area (Å²) in [5.74, 6) is 1.54. The molecule has 0 aliphatic carbocycles. The Labute approximate surface area is 169 Å². The van der Waals surface area contributed by atoms with Gasteiger partial charge in [0.1, 0.15) is 23.1 Å². The fraction of sp³-hybridized carbons (Fsp3) is 0.182. The summed E-state index contributed by atoms with van der Waals surface area (Å²) in [5, 5.41) is 15.0. The van der Waals surface area contributed by atoms with Gasteiger partial charge in [-0.1, -0.05) is 24.3 Å². The van der Waals surface area contributed by atoms with E-state index < -0.39 is 0 Å². The quantitative estimate of drug-likeness (QED) is 0.643. The number of methoxy groups -OCH3 is 1. The summed E-state index contributed by atoms with van der Waals surface area (Å²) in [4.78, 5) is 21.1. The van der Waals surface area contributed by atoms with Gasteiger partial charge in [-0.25, -0.2) is 9.97 Å². The average molecular weight is 387 g/mol. The topological polar surface area (TPSA) is 99.9 Å². The van der Waals surface area contributed by atoms with E-state index in [1.165, 1.54) is 0 Å². The minimum Gasteiger partial charge on any atom is -0.496 e. The molecule has 2 aromatic carbocycles. The van der Waals surface area contributed by atoms with Crippen LogP contribution in [0.5, 0.6) is 5.75 Å². The van der Waals surface area contributed by atoms with Crippen molar-refractivity contribution in [3.8, 4) is 11.8 Å². The third-order valence-electron chi connectivity index (χ3n) is 4.21. The summed E-state index contributed by atoms with van der Waals surface area (Å²) in [6.07, 6.45) is 0.746. The predicted molar refractivity (Wildman–Crippen MR) is 111 cm³/mol. The minimum absolute atomic E-state index is 0.250. The van der Waals surface area contributed by atoms with Crippen LogP contribution in [0.25, 0.3) is 0 Å². The van der Waals surface area contributed by atoms with Gasteiger partial charge in [-0.3, -0.25) is 4.79 Å². The van der Waals surface area contributed by atoms with E-state index in [1.807, 2.05) is 30.3 Å². The molecule has 0 atom stereocenters. The first-order chi connectivity index (χ1) is 14.1. The highest BCUT2D eigenvalue weighted by atomic mass is 16.5. The molecular formula is C22H21N5O2. The Kier molecular flexibility index (Phi) is 6.38. The van der Waals surface area contributed by atoms with Crippen LogP contribution >= 0.6 is 0 Å². The maximum absolute atomic E-state index is 12.6. The zero-order valence-electron chi connectivity index (χ0n) is 16.3. The van der Waals surface area contributed by atoms with E-state index in [0.29, 0.717) is 29.4 Å². The van der Waals surface area contributed by atoms with Gasteiger partial charge in [0.15, 0.2) is 0 Å². The van der Waals surface area contributed by atoms with Crippen molar-refractivity contribution in [1.82, 2.24) is 9.97 Å². The molecule has 3 aromatic rings. The molecule has 0 aliphatic heterocycles. The van der Waals surface area contributed by atoms with Gasteiger partial charge < -0.3 is 15.4 Å². The fourth-order valence-electron chi connectivity index (χ4n) is 2.87. The molecule has 2 N–H and O–H groups in total. The molecular weight excluding hydrogens is 366 g/mol. The number of para-hydroxylation sites is 1. The van der Waals surface area contributed by atoms with Crippen molar-refractivity contribution in [3.63, 3.8) is 0 Å². The van der Waals surface area contributed by atoms with Gasteiger partial charge >= 0.3 is 0 Å². The standard InChI is InChI=1S/C22H21N5O2/c1-15-25-19(22(28)27-18-8-5-6-16(12-18)14-23)13-21(26-15)24-11-10-17-7-3-4-9-20(17)29-2/h3-9,12-13H,10-11H2,1-2H3,(H,27,28)(H,24,25,26). The molecule has 1 heterocycles. The number of hydrogen-bond acceptors (Lipinski definition) is 6. The molecule has 146 valence electrons. The second-order valence-electron chi connectivity index (χ2n) is 6.32. The molecule has 7 heteroatoms. The van der Waals surface area contributed by atoms with Crippen molar-refractivity contribution in [2.75, 3.05) is 24.3 Å². The SMILES string of the molecule is COc1ccccc1CCNc1cc(C(=O)Nc2cccc(C#N)c2)nc(C)n1. The molecule has 0 radical (unpaired) electrons. The molecule has 0 saturated carbocycles. The van der Waals surface area contributed by atoms with Gasteiger partial charge in [0.2, 0.25) is 0 Å². The van der Waals surface area contributed by atoms with Gasteiger partial charge in [0.25, 0.3) is 5.91 Å². The minimum atomic E-state index is -0.363. The smallest absolute Gasteiger partial charge is 0.274 e. The maximum atomic E-state index is 12.6. The lowest BCUT2D eigenvalue weighted by Gasteiger charge is -2.11. The number of rotatable bonds is 7. The molecule has 0 aliphatic rings. The van der Waals surface area contributed by atoms with Crippen molar-refractivity contribution >= 4 is 17.4 Å². The van der Waals surface area contributed by atoms with Crippen LogP contribution in [0.15, 0.2) is 54.6 Å². The van der Waals surface area contributed by atoms with Crippen molar-refractivity contribution < 1.29 is 9.53 Å². The summed E-state index contributed by atoms with van der Waals surface area (Å²) in [6.45, 7) is 2.36. The Morgan fingerprint density at radius 3 is 2.76 bits per heavy atom. The number of aryl methyl sites for hydroxylation is 1. The zero-order valence-corrected chi connectivity index (χ0v) is 16.3. The van der Waals surface area contributed by atoms with E-state index in [2.05, 4.69) is 20.6 Å². The van der Waals surface area contributed by atoms with Gasteiger partial charge in [0.05, 0.1) is 18.7 Å². The van der Waals surface area contributed by atoms with Gasteiger partial charge in [-0.05, 0) is 43.2 Å². The third-order valence-corrected chi connectivity index (χ3v) is 4.21. The lowest BCUT2D eigenvalue weighted by Crippen LogP contribution is -2.16. The van der Waals surface area contributed by atoms with Crippen LogP contribution in [0.2, 0.25) is 0 Å². The second kappa shape index (κ2) is 9.33. The molecule has 0 bridgehead atoms. The highest BCUT2D eigenvalue weighted by Crippen LogP contribution is 2.18. The number of amides is 1. The van der Waals surface area contributed by atoms with Crippen LogP contribution in [-0.2, 0) is 6.42 Å². The van der Waals surface area contributed by atoms with Crippen molar-refractivity contribution in [2.24, 2.45) is 0 Å². The highest BCUT2D eigenvalue weighted by Gasteiger charge is 2.11. The number of hydrogen-bond donors (Lipinski definition) is 2. The Morgan fingerprint density at radius 1 is 1.14 bits per heavy atom. The van der Waals surface area contributed by atoms with E-state index in [-0.39, 0.29) is 11.6 Å². The lowest BCUT2D eigenvalue weighted by atomic mass is 10.1. The summed E-state index contributed by atoms with van der Waals surface area (Å²) >= 11 is 0. The van der Waals surface area contributed by atoms with Crippen molar-refractivity contribution in [1.29, 1.82) is 5.26 Å². The molecule has 0 fully saturated rings. The molecule has 29 heavy (non-hydrogen) atoms. The first-order valence-electron chi connectivity index (χ1n) is 9.12. The molecule has 0 spiro atoms. The van der Waals surface area contributed by atoms with Crippen LogP contribution in [0, 0.1) is 18.3 Å². The van der Waals surface area contributed by atoms with E-state index >= 15 is 0 Å². The molecule has 1 amide bonds. The number of nitrogens with zero attached hydrogens (tertiary/aromatic N) is 3. The zero-order chi connectivity index (χ0) is 20.6. The summed E-state index contributed by atoms with van der Waals surface area (Å²) in [5.41, 5.74) is 2.35. The lowest BCUT2D eigenvalue weighted by molar-refractivity contribution is 0.102. The van der Waals surface area contributed by atoms with Gasteiger partial charge in [-0.2, -0.15) is 5.26 Å². The molecule has 1 aromatic heterocycles. The number of aromatic nitrogens is 2. The number of carbonyl (C=O) groups is 1. The predicted octanol–water partition coefficient (Wildman–Crippen LogP) is 3.57. The maximum Gasteiger partial charge on any atom is 0.274 e. The van der Waals surface area contributed by atoms with Crippen LogP contribution in [0.1, 0.15) is 27.4 Å². The van der Waals surface area contributed by atoms with Crippen LogP contribution < -0.4 is 15.4 Å². The van der Waals surface area contributed by atoms with E-state index in [9.17, 15) is 4.79 Å². The van der Waals surface area contributed by atoms with Crippen LogP contribution in [-0.4, -0.2) is 29.5 Å². The Bertz CT molecular complexity index is 1060. The molecule has 3 rings (SSSR count). The van der Waals surface area contributed by atoms with Gasteiger partial charge in [-0.15, -0.1) is 0 Å². The number of ether oxygens (including phenoxy) is 1. The summed E-state index contributed by atoms with van der Waals surface area (Å²) in [6, 6.07) is 18.2. The number of carbonyl (C=O) groups excluding carboxylic acids is 1. The number of nitrogens with one attached hydrogen (secondary N) is 2. The van der Waals surface area contributed by atoms with Crippen LogP contribution in [0.3, 0.4) is 0 Å². The Morgan fingerprint density at radius 2 is 1.97 bits per heavy atom. The number of benzene rings is 2. The Balaban J connectivity index is 1.67. The first kappa shape index (κ1) is 19.8. The summed E-state index contributed by atoms with van der Waals surface area (Å²) < 4.78 is 5.36. The van der Waals surface area contributed by atoms with Crippen molar-refractivity contribution in [2.45, 2.75) is 13.3 Å². The number of anilines is 2. The normalized spacial score (nSPS) is 10.1. The molecule has 0 unspecified atom stereocenters. The fourth-order valence-corrected chi connectivity index (χ4v) is 2.87. The van der Waals surface area contributed by atoms with E-state index in [4.69, 9.17) is 10.00 Å². The average Bonchev–Trinajstić information content (AvgIpc) is 2.74. The van der Waals surface area contributed by atoms with E-state index in [0.717, 1.165) is 17.7 Å². The van der Waals surface area contributed by atoms with Crippen molar-refractivity contribution in [3.05, 3.63) is 77.2 Å². The van der Waals surface area contributed by atoms with E-state index in [1.54, 1.807) is 44.4 Å². The van der Waals surface area contributed by atoms with Gasteiger partial charge in [0, 0.05) is 18.3 Å². The largest absolute Gasteiger partial charge is 0.496 e. The third kappa shape index (κ3) is 5.30. The molecule has 7 nitrogen and oxygen atoms in total. The van der Waals surface area contributed by atoms with Crippen LogP contribution in [0.4, 0.5) is 11.5 Å². The Hall–Kier alpha value is -3.92. The number of nitriles is 1. The molecule has 0 saturated heterocycles. The monoisotopic (exact) mass is 387 g/mol. The first-order valence-corrected chi connectivity index (χ1v) is 9.12. The second-order valence-corrected chi connectivity index (χ2v) is 6.32. The highest BCUT2D eigenvalue weighted by molar-refractivity contribution is 6.03. The summed E-state index contributed by atoms with van der Waals surface area (Å²) in [7, 11) is 1.65.